The van der Waals surface area contributed by atoms with Crippen LogP contribution in [0.25, 0.3) is 0 Å². The molecule has 0 radical (unpaired) electrons. The Morgan fingerprint density at radius 3 is 2.58 bits per heavy atom. The molecule has 1 aliphatic rings. The van der Waals surface area contributed by atoms with Gasteiger partial charge in [-0.05, 0) is 31.2 Å². The van der Waals surface area contributed by atoms with Gasteiger partial charge in [-0.15, -0.1) is 0 Å². The zero-order valence-corrected chi connectivity index (χ0v) is 11.8. The summed E-state index contributed by atoms with van der Waals surface area (Å²) < 4.78 is 4.81. The molecule has 0 heterocycles. The largest absolute Gasteiger partial charge is 0.469 e. The van der Waals surface area contributed by atoms with Crippen LogP contribution in [0.5, 0.6) is 0 Å². The number of nitrogens with one attached hydrogen (secondary N) is 1. The zero-order valence-electron chi connectivity index (χ0n) is 11.8. The second-order valence-electron chi connectivity index (χ2n) is 5.38. The maximum absolute atomic E-state index is 11.5. The van der Waals surface area contributed by atoms with Crippen molar-refractivity contribution in [3.05, 3.63) is 35.9 Å². The topological polar surface area (TPSA) is 38.3 Å². The minimum absolute atomic E-state index is 0.121. The molecule has 0 aromatic heterocycles. The van der Waals surface area contributed by atoms with Crippen molar-refractivity contribution < 1.29 is 9.53 Å². The normalized spacial score (nSPS) is 18.4. The van der Waals surface area contributed by atoms with E-state index in [9.17, 15) is 4.79 Å². The van der Waals surface area contributed by atoms with E-state index in [1.807, 2.05) is 18.2 Å². The van der Waals surface area contributed by atoms with Gasteiger partial charge in [0.05, 0.1) is 13.5 Å². The van der Waals surface area contributed by atoms with Gasteiger partial charge < -0.3 is 10.1 Å². The molecule has 3 nitrogen and oxygen atoms in total. The molecule has 2 atom stereocenters. The molecular weight excluding hydrogens is 238 g/mol. The molecule has 0 bridgehead atoms. The van der Waals surface area contributed by atoms with Gasteiger partial charge in [0.25, 0.3) is 0 Å². The average molecular weight is 261 g/mol. The summed E-state index contributed by atoms with van der Waals surface area (Å²) in [5.74, 6) is 0.495. The smallest absolute Gasteiger partial charge is 0.307 e. The summed E-state index contributed by atoms with van der Waals surface area (Å²) in [6.07, 6.45) is 4.19. The maximum atomic E-state index is 11.5. The van der Waals surface area contributed by atoms with Gasteiger partial charge in [0, 0.05) is 12.1 Å². The number of carbonyl (C=O) groups excluding carboxylic acids is 1. The lowest BCUT2D eigenvalue weighted by molar-refractivity contribution is -0.141. The number of methoxy groups -OCH3 is 1. The molecule has 1 aromatic carbocycles. The van der Waals surface area contributed by atoms with Gasteiger partial charge in [0.2, 0.25) is 0 Å². The first kappa shape index (κ1) is 14.1. The second kappa shape index (κ2) is 6.71. The van der Waals surface area contributed by atoms with E-state index >= 15 is 0 Å². The molecule has 2 unspecified atom stereocenters. The fraction of sp³-hybridized carbons (Fsp3) is 0.562. The van der Waals surface area contributed by atoms with Crippen LogP contribution in [0.15, 0.2) is 30.3 Å². The van der Waals surface area contributed by atoms with Crippen molar-refractivity contribution in [1.29, 1.82) is 0 Å². The van der Waals surface area contributed by atoms with Crippen LogP contribution in [-0.4, -0.2) is 19.1 Å². The Bertz CT molecular complexity index is 400. The lowest BCUT2D eigenvalue weighted by atomic mass is 9.78. The lowest BCUT2D eigenvalue weighted by Gasteiger charge is -2.35. The van der Waals surface area contributed by atoms with Crippen LogP contribution in [-0.2, 0) is 9.53 Å². The highest BCUT2D eigenvalue weighted by atomic mass is 16.5. The van der Waals surface area contributed by atoms with E-state index in [0.29, 0.717) is 12.3 Å². The standard InChI is InChI=1S/C16H23NO2/c1-12(13-7-4-3-5-8-13)17-15(11-16(18)19-2)14-9-6-10-14/h3-5,7-8,12,14-15,17H,6,9-11H2,1-2H3. The van der Waals surface area contributed by atoms with Gasteiger partial charge in [-0.1, -0.05) is 36.8 Å². The van der Waals surface area contributed by atoms with Crippen molar-refractivity contribution in [1.82, 2.24) is 5.32 Å². The van der Waals surface area contributed by atoms with E-state index in [0.717, 1.165) is 0 Å². The highest BCUT2D eigenvalue weighted by Crippen LogP contribution is 2.32. The highest BCUT2D eigenvalue weighted by molar-refractivity contribution is 5.70. The number of carbonyl (C=O) groups is 1. The molecule has 0 amide bonds. The molecular formula is C16H23NO2. The molecule has 19 heavy (non-hydrogen) atoms. The molecule has 1 fully saturated rings. The number of ether oxygens (including phenoxy) is 1. The van der Waals surface area contributed by atoms with E-state index in [2.05, 4.69) is 24.4 Å². The molecule has 104 valence electrons. The van der Waals surface area contributed by atoms with E-state index in [1.54, 1.807) is 0 Å². The van der Waals surface area contributed by atoms with Crippen molar-refractivity contribution in [3.8, 4) is 0 Å². The van der Waals surface area contributed by atoms with Crippen LogP contribution in [0.1, 0.15) is 44.2 Å². The average Bonchev–Trinajstić information content (AvgIpc) is 2.37. The summed E-state index contributed by atoms with van der Waals surface area (Å²) in [4.78, 5) is 11.5. The molecule has 2 rings (SSSR count). The molecule has 1 N–H and O–H groups in total. The van der Waals surface area contributed by atoms with Crippen molar-refractivity contribution in [3.63, 3.8) is 0 Å². The quantitative estimate of drug-likeness (QED) is 0.800. The summed E-state index contributed by atoms with van der Waals surface area (Å²) in [6, 6.07) is 10.8. The fourth-order valence-electron chi connectivity index (χ4n) is 2.63. The molecule has 0 aliphatic heterocycles. The van der Waals surface area contributed by atoms with Gasteiger partial charge in [-0.3, -0.25) is 4.79 Å². The minimum Gasteiger partial charge on any atom is -0.469 e. The Labute approximate surface area is 115 Å². The summed E-state index contributed by atoms with van der Waals surface area (Å²) in [5.41, 5.74) is 1.26. The summed E-state index contributed by atoms with van der Waals surface area (Å²) >= 11 is 0. The van der Waals surface area contributed by atoms with Crippen LogP contribution in [0.2, 0.25) is 0 Å². The molecule has 1 aromatic rings. The monoisotopic (exact) mass is 261 g/mol. The number of hydrogen-bond donors (Lipinski definition) is 1. The highest BCUT2D eigenvalue weighted by Gasteiger charge is 2.30. The first-order valence-corrected chi connectivity index (χ1v) is 7.08. The van der Waals surface area contributed by atoms with Gasteiger partial charge in [-0.25, -0.2) is 0 Å². The second-order valence-corrected chi connectivity index (χ2v) is 5.38. The van der Waals surface area contributed by atoms with Crippen LogP contribution in [0.4, 0.5) is 0 Å². The van der Waals surface area contributed by atoms with Crippen molar-refractivity contribution >= 4 is 5.97 Å². The van der Waals surface area contributed by atoms with Crippen molar-refractivity contribution in [2.45, 2.75) is 44.7 Å². The predicted molar refractivity (Wildman–Crippen MR) is 75.8 cm³/mol. The number of hydrogen-bond acceptors (Lipinski definition) is 3. The number of esters is 1. The molecule has 1 aliphatic carbocycles. The third-order valence-electron chi connectivity index (χ3n) is 4.10. The van der Waals surface area contributed by atoms with E-state index in [1.165, 1.54) is 31.9 Å². The summed E-state index contributed by atoms with van der Waals surface area (Å²) in [7, 11) is 1.46. The van der Waals surface area contributed by atoms with Crippen molar-refractivity contribution in [2.24, 2.45) is 5.92 Å². The molecule has 0 saturated heterocycles. The van der Waals surface area contributed by atoms with Crippen LogP contribution >= 0.6 is 0 Å². The van der Waals surface area contributed by atoms with E-state index < -0.39 is 0 Å². The Hall–Kier alpha value is -1.35. The minimum atomic E-state index is -0.121. The zero-order chi connectivity index (χ0) is 13.7. The lowest BCUT2D eigenvalue weighted by Crippen LogP contribution is -2.42. The van der Waals surface area contributed by atoms with Gasteiger partial charge in [0.1, 0.15) is 0 Å². The molecule has 1 saturated carbocycles. The summed E-state index contributed by atoms with van der Waals surface area (Å²) in [5, 5.41) is 3.60. The van der Waals surface area contributed by atoms with Gasteiger partial charge in [-0.2, -0.15) is 0 Å². The number of rotatable bonds is 6. The van der Waals surface area contributed by atoms with E-state index in [4.69, 9.17) is 4.74 Å². The van der Waals surface area contributed by atoms with Gasteiger partial charge >= 0.3 is 5.97 Å². The van der Waals surface area contributed by atoms with Gasteiger partial charge in [0.15, 0.2) is 0 Å². The van der Waals surface area contributed by atoms with Crippen LogP contribution < -0.4 is 5.32 Å². The molecule has 3 heteroatoms. The number of benzene rings is 1. The van der Waals surface area contributed by atoms with Crippen molar-refractivity contribution in [2.75, 3.05) is 7.11 Å². The first-order valence-electron chi connectivity index (χ1n) is 7.08. The SMILES string of the molecule is COC(=O)CC(NC(C)c1ccccc1)C1CCC1. The third kappa shape index (κ3) is 3.80. The van der Waals surface area contributed by atoms with Crippen LogP contribution in [0, 0.1) is 5.92 Å². The Balaban J connectivity index is 1.97. The Kier molecular flexibility index (Phi) is 4.97. The third-order valence-corrected chi connectivity index (χ3v) is 4.10. The maximum Gasteiger partial charge on any atom is 0.307 e. The van der Waals surface area contributed by atoms with E-state index in [-0.39, 0.29) is 18.1 Å². The Morgan fingerprint density at radius 2 is 2.05 bits per heavy atom. The Morgan fingerprint density at radius 1 is 1.37 bits per heavy atom. The first-order chi connectivity index (χ1) is 9.20. The van der Waals surface area contributed by atoms with Crippen LogP contribution in [0.3, 0.4) is 0 Å². The predicted octanol–water partition coefficient (Wildman–Crippen LogP) is 3.07. The summed E-state index contributed by atoms with van der Waals surface area (Å²) in [6.45, 7) is 2.15. The fourth-order valence-corrected chi connectivity index (χ4v) is 2.63. The molecule has 0 spiro atoms.